The molecule has 0 amide bonds. The predicted molar refractivity (Wildman–Crippen MR) is 34.8 cm³/mol. The van der Waals surface area contributed by atoms with Crippen molar-refractivity contribution < 1.29 is 0 Å². The fraction of sp³-hybridized carbons (Fsp3) is 0.667. The summed E-state index contributed by atoms with van der Waals surface area (Å²) >= 11 is 5.41. The summed E-state index contributed by atoms with van der Waals surface area (Å²) in [7, 11) is 0. The summed E-state index contributed by atoms with van der Waals surface area (Å²) in [5.74, 6) is 0.715. The highest BCUT2D eigenvalue weighted by molar-refractivity contribution is 6.17. The minimum absolute atomic E-state index is 0.715. The molecule has 0 saturated carbocycles. The average molecular weight is 119 g/mol. The molecule has 0 N–H and O–H groups in total. The molecule has 0 saturated heterocycles. The molecule has 0 spiro atoms. The Morgan fingerprint density at radius 3 is 2.43 bits per heavy atom. The van der Waals surface area contributed by atoms with E-state index < -0.39 is 0 Å². The van der Waals surface area contributed by atoms with Gasteiger partial charge in [0, 0.05) is 5.88 Å². The maximum Gasteiger partial charge on any atom is 0.0260 e. The zero-order valence-electron chi connectivity index (χ0n) is 4.71. The van der Waals surface area contributed by atoms with Gasteiger partial charge in [0.1, 0.15) is 0 Å². The molecule has 0 aliphatic rings. The topological polar surface area (TPSA) is 0 Å². The van der Waals surface area contributed by atoms with Crippen LogP contribution in [0.4, 0.5) is 0 Å². The molecule has 0 aliphatic carbocycles. The van der Waals surface area contributed by atoms with E-state index in [1.807, 2.05) is 0 Å². The first-order valence-electron chi connectivity index (χ1n) is 2.54. The molecule has 0 aromatic heterocycles. The fourth-order valence-corrected chi connectivity index (χ4v) is 0.578. The Bertz CT molecular complexity index is 57.2. The van der Waals surface area contributed by atoms with Crippen molar-refractivity contribution in [2.24, 2.45) is 0 Å². The van der Waals surface area contributed by atoms with E-state index in [0.29, 0.717) is 5.88 Å². The summed E-state index contributed by atoms with van der Waals surface area (Å²) in [4.78, 5) is 0. The van der Waals surface area contributed by atoms with E-state index in [4.69, 9.17) is 11.6 Å². The van der Waals surface area contributed by atoms with Gasteiger partial charge in [-0.2, -0.15) is 0 Å². The zero-order chi connectivity index (χ0) is 5.70. The van der Waals surface area contributed by atoms with Crippen LogP contribution in [0, 0.1) is 0 Å². The van der Waals surface area contributed by atoms with Crippen molar-refractivity contribution in [3.63, 3.8) is 0 Å². The van der Waals surface area contributed by atoms with Crippen LogP contribution in [0.3, 0.4) is 0 Å². The average Bonchev–Trinajstić information content (AvgIpc) is 1.68. The molecule has 0 aliphatic heterocycles. The van der Waals surface area contributed by atoms with Crippen molar-refractivity contribution >= 4 is 11.6 Å². The van der Waals surface area contributed by atoms with Crippen LogP contribution in [0.25, 0.3) is 0 Å². The van der Waals surface area contributed by atoms with Crippen LogP contribution >= 0.6 is 11.6 Å². The second kappa shape index (κ2) is 4.20. The quantitative estimate of drug-likeness (QED) is 0.395. The molecule has 0 radical (unpaired) electrons. The van der Waals surface area contributed by atoms with Crippen molar-refractivity contribution in [1.29, 1.82) is 0 Å². The van der Waals surface area contributed by atoms with E-state index in [9.17, 15) is 0 Å². The third-order valence-corrected chi connectivity index (χ3v) is 1.14. The molecule has 1 heteroatoms. The van der Waals surface area contributed by atoms with Gasteiger partial charge in [0.25, 0.3) is 0 Å². The van der Waals surface area contributed by atoms with Crippen LogP contribution < -0.4 is 0 Å². The predicted octanol–water partition coefficient (Wildman–Crippen LogP) is 2.58. The molecule has 0 unspecified atom stereocenters. The molecule has 42 valence electrons. The molecule has 0 aromatic rings. The van der Waals surface area contributed by atoms with Gasteiger partial charge in [-0.15, -0.1) is 11.6 Å². The van der Waals surface area contributed by atoms with Gasteiger partial charge in [-0.05, 0) is 12.8 Å². The lowest BCUT2D eigenvalue weighted by Gasteiger charge is -1.93. The van der Waals surface area contributed by atoms with Crippen molar-refractivity contribution in [2.75, 3.05) is 5.88 Å². The van der Waals surface area contributed by atoms with E-state index in [0.717, 1.165) is 12.8 Å². The van der Waals surface area contributed by atoms with E-state index in [-0.39, 0.29) is 0 Å². The lowest BCUT2D eigenvalue weighted by atomic mass is 10.2. The highest BCUT2D eigenvalue weighted by atomic mass is 35.5. The van der Waals surface area contributed by atoms with Gasteiger partial charge < -0.3 is 0 Å². The van der Waals surface area contributed by atoms with Crippen molar-refractivity contribution in [1.82, 2.24) is 0 Å². The molecular weight excluding hydrogens is 108 g/mol. The summed E-state index contributed by atoms with van der Waals surface area (Å²) < 4.78 is 0. The molecule has 0 fully saturated rings. The first-order valence-corrected chi connectivity index (χ1v) is 3.07. The maximum atomic E-state index is 5.41. The monoisotopic (exact) mass is 118 g/mol. The van der Waals surface area contributed by atoms with E-state index in [1.165, 1.54) is 5.57 Å². The van der Waals surface area contributed by atoms with Crippen LogP contribution in [-0.2, 0) is 0 Å². The lowest BCUT2D eigenvalue weighted by molar-refractivity contribution is 0.991. The Kier molecular flexibility index (Phi) is 4.21. The highest BCUT2D eigenvalue weighted by Crippen LogP contribution is 2.02. The summed E-state index contributed by atoms with van der Waals surface area (Å²) in [6, 6.07) is 0. The van der Waals surface area contributed by atoms with Gasteiger partial charge in [0.05, 0.1) is 0 Å². The Morgan fingerprint density at radius 1 is 1.71 bits per heavy atom. The number of alkyl halides is 1. The molecule has 7 heavy (non-hydrogen) atoms. The van der Waals surface area contributed by atoms with Gasteiger partial charge >= 0.3 is 0 Å². The Balaban J connectivity index is 3.00. The standard InChI is InChI=1S/C6H11Cl/c1-3-6(2)4-5-7/h2-5H2,1H3. The third-order valence-electron chi connectivity index (χ3n) is 0.948. The fourth-order valence-electron chi connectivity index (χ4n) is 0.310. The third kappa shape index (κ3) is 3.87. The van der Waals surface area contributed by atoms with E-state index in [1.54, 1.807) is 0 Å². The number of hydrogen-bond acceptors (Lipinski definition) is 0. The summed E-state index contributed by atoms with van der Waals surface area (Å²) in [6.45, 7) is 5.87. The summed E-state index contributed by atoms with van der Waals surface area (Å²) in [5.41, 5.74) is 1.25. The number of hydrogen-bond donors (Lipinski definition) is 0. The number of allylic oxidation sites excluding steroid dienone is 1. The normalized spacial score (nSPS) is 8.86. The van der Waals surface area contributed by atoms with Crippen LogP contribution in [-0.4, -0.2) is 5.88 Å². The Labute approximate surface area is 50.2 Å². The lowest BCUT2D eigenvalue weighted by Crippen LogP contribution is -1.77. The minimum Gasteiger partial charge on any atom is -0.126 e. The van der Waals surface area contributed by atoms with E-state index >= 15 is 0 Å². The Hall–Kier alpha value is 0.0300. The zero-order valence-corrected chi connectivity index (χ0v) is 5.46. The molecule has 0 aromatic carbocycles. The molecule has 0 rings (SSSR count). The summed E-state index contributed by atoms with van der Waals surface area (Å²) in [5, 5.41) is 0. The molecular formula is C6H11Cl. The van der Waals surface area contributed by atoms with Gasteiger partial charge in [0.2, 0.25) is 0 Å². The first kappa shape index (κ1) is 7.03. The number of rotatable bonds is 3. The van der Waals surface area contributed by atoms with Crippen LogP contribution in [0.1, 0.15) is 19.8 Å². The van der Waals surface area contributed by atoms with Crippen LogP contribution in [0.5, 0.6) is 0 Å². The largest absolute Gasteiger partial charge is 0.126 e. The van der Waals surface area contributed by atoms with Crippen molar-refractivity contribution in [3.8, 4) is 0 Å². The highest BCUT2D eigenvalue weighted by Gasteiger charge is 1.84. The second-order valence-corrected chi connectivity index (χ2v) is 1.92. The molecule has 0 heterocycles. The molecule has 0 nitrogen and oxygen atoms in total. The number of halogens is 1. The van der Waals surface area contributed by atoms with Gasteiger partial charge in [0.15, 0.2) is 0 Å². The molecule has 0 bridgehead atoms. The SMILES string of the molecule is C=C(CC)CCCl. The first-order chi connectivity index (χ1) is 3.31. The van der Waals surface area contributed by atoms with Gasteiger partial charge in [-0.3, -0.25) is 0 Å². The maximum absolute atomic E-state index is 5.41. The van der Waals surface area contributed by atoms with Crippen molar-refractivity contribution in [2.45, 2.75) is 19.8 Å². The van der Waals surface area contributed by atoms with Gasteiger partial charge in [-0.25, -0.2) is 0 Å². The Morgan fingerprint density at radius 2 is 2.29 bits per heavy atom. The van der Waals surface area contributed by atoms with Gasteiger partial charge in [-0.1, -0.05) is 19.1 Å². The van der Waals surface area contributed by atoms with Crippen LogP contribution in [0.2, 0.25) is 0 Å². The van der Waals surface area contributed by atoms with E-state index in [2.05, 4.69) is 13.5 Å². The van der Waals surface area contributed by atoms with Crippen molar-refractivity contribution in [3.05, 3.63) is 12.2 Å². The van der Waals surface area contributed by atoms with Crippen LogP contribution in [0.15, 0.2) is 12.2 Å². The minimum atomic E-state index is 0.715. The summed E-state index contributed by atoms with van der Waals surface area (Å²) in [6.07, 6.45) is 2.03. The second-order valence-electron chi connectivity index (χ2n) is 1.54. The molecule has 0 atom stereocenters. The smallest absolute Gasteiger partial charge is 0.0260 e.